The van der Waals surface area contributed by atoms with Crippen LogP contribution in [0.2, 0.25) is 0 Å². The van der Waals surface area contributed by atoms with E-state index in [1.807, 2.05) is 0 Å². The van der Waals surface area contributed by atoms with Crippen molar-refractivity contribution in [3.63, 3.8) is 0 Å². The molecular formula is C17H31N5O2S2. The first-order chi connectivity index (χ1) is 12.5. The highest BCUT2D eigenvalue weighted by Gasteiger charge is 2.15. The van der Waals surface area contributed by atoms with Gasteiger partial charge in [-0.3, -0.25) is 4.99 Å². The maximum atomic E-state index is 12.0. The van der Waals surface area contributed by atoms with Crippen molar-refractivity contribution in [1.82, 2.24) is 20.3 Å². The van der Waals surface area contributed by atoms with Gasteiger partial charge >= 0.3 is 0 Å². The van der Waals surface area contributed by atoms with E-state index in [4.69, 9.17) is 0 Å². The van der Waals surface area contributed by atoms with Gasteiger partial charge in [-0.05, 0) is 56.3 Å². The molecule has 2 rings (SSSR count). The minimum Gasteiger partial charge on any atom is -0.356 e. The van der Waals surface area contributed by atoms with E-state index in [1.54, 1.807) is 24.6 Å². The predicted molar refractivity (Wildman–Crippen MR) is 108 cm³/mol. The molecule has 0 aromatic carbocycles. The normalized spacial score (nSPS) is 17.4. The number of piperidine rings is 1. The number of guanidine groups is 1. The van der Waals surface area contributed by atoms with Gasteiger partial charge in [-0.25, -0.2) is 13.1 Å². The van der Waals surface area contributed by atoms with Crippen LogP contribution < -0.4 is 15.4 Å². The Morgan fingerprint density at radius 1 is 1.27 bits per heavy atom. The van der Waals surface area contributed by atoms with Gasteiger partial charge in [0.15, 0.2) is 5.96 Å². The SMILES string of the molecule is CN=C(NCCCN1CCC(C)CC1)NCCNS(=O)(=O)c1cccs1. The number of aliphatic imine (C=N–C) groups is 1. The first kappa shape index (κ1) is 21.1. The molecule has 1 aliphatic rings. The summed E-state index contributed by atoms with van der Waals surface area (Å²) in [6.45, 7) is 7.50. The van der Waals surface area contributed by atoms with Crippen LogP contribution in [-0.2, 0) is 10.0 Å². The van der Waals surface area contributed by atoms with Crippen molar-refractivity contribution in [2.75, 3.05) is 46.3 Å². The second-order valence-corrected chi connectivity index (χ2v) is 9.57. The quantitative estimate of drug-likeness (QED) is 0.330. The number of likely N-dealkylation sites (tertiary alicyclic amines) is 1. The van der Waals surface area contributed by atoms with Crippen molar-refractivity contribution in [1.29, 1.82) is 0 Å². The molecule has 1 aliphatic heterocycles. The molecule has 0 spiro atoms. The summed E-state index contributed by atoms with van der Waals surface area (Å²) < 4.78 is 26.9. The third kappa shape index (κ3) is 7.22. The van der Waals surface area contributed by atoms with Gasteiger partial charge in [0, 0.05) is 26.7 Å². The Morgan fingerprint density at radius 3 is 2.65 bits per heavy atom. The van der Waals surface area contributed by atoms with Crippen LogP contribution in [0.1, 0.15) is 26.2 Å². The number of rotatable bonds is 9. The number of hydrogen-bond donors (Lipinski definition) is 3. The molecule has 7 nitrogen and oxygen atoms in total. The molecule has 0 amide bonds. The van der Waals surface area contributed by atoms with Crippen molar-refractivity contribution in [3.05, 3.63) is 17.5 Å². The van der Waals surface area contributed by atoms with E-state index in [1.165, 1.54) is 37.3 Å². The van der Waals surface area contributed by atoms with E-state index in [9.17, 15) is 8.42 Å². The van der Waals surface area contributed by atoms with Gasteiger partial charge in [0.05, 0.1) is 0 Å². The molecule has 0 saturated carbocycles. The van der Waals surface area contributed by atoms with Crippen LogP contribution in [0.15, 0.2) is 26.7 Å². The van der Waals surface area contributed by atoms with Gasteiger partial charge in [0.2, 0.25) is 10.0 Å². The Morgan fingerprint density at radius 2 is 2.00 bits per heavy atom. The molecule has 3 N–H and O–H groups in total. The second kappa shape index (κ2) is 10.9. The van der Waals surface area contributed by atoms with Crippen LogP contribution in [0.5, 0.6) is 0 Å². The lowest BCUT2D eigenvalue weighted by atomic mass is 9.99. The highest BCUT2D eigenvalue weighted by molar-refractivity contribution is 7.91. The molecule has 1 fully saturated rings. The Hall–Kier alpha value is -1.16. The lowest BCUT2D eigenvalue weighted by molar-refractivity contribution is 0.191. The lowest BCUT2D eigenvalue weighted by Crippen LogP contribution is -2.42. The van der Waals surface area contributed by atoms with E-state index in [2.05, 4.69) is 32.2 Å². The summed E-state index contributed by atoms with van der Waals surface area (Å²) in [5, 5.41) is 8.17. The largest absolute Gasteiger partial charge is 0.356 e. The molecule has 26 heavy (non-hydrogen) atoms. The van der Waals surface area contributed by atoms with Gasteiger partial charge in [-0.2, -0.15) is 0 Å². The van der Waals surface area contributed by atoms with Crippen molar-refractivity contribution in [2.45, 2.75) is 30.4 Å². The van der Waals surface area contributed by atoms with Crippen LogP contribution in [0.4, 0.5) is 0 Å². The number of nitrogens with zero attached hydrogens (tertiary/aromatic N) is 2. The number of hydrogen-bond acceptors (Lipinski definition) is 5. The second-order valence-electron chi connectivity index (χ2n) is 6.63. The Kier molecular flexibility index (Phi) is 8.83. The zero-order chi connectivity index (χ0) is 18.8. The number of thiophene rings is 1. The van der Waals surface area contributed by atoms with E-state index in [-0.39, 0.29) is 0 Å². The summed E-state index contributed by atoms with van der Waals surface area (Å²) in [5.41, 5.74) is 0. The van der Waals surface area contributed by atoms with Gasteiger partial charge in [-0.1, -0.05) is 13.0 Å². The first-order valence-corrected chi connectivity index (χ1v) is 11.6. The molecule has 1 saturated heterocycles. The summed E-state index contributed by atoms with van der Waals surface area (Å²) in [5.74, 6) is 1.57. The van der Waals surface area contributed by atoms with Crippen LogP contribution in [0.25, 0.3) is 0 Å². The minimum atomic E-state index is -3.40. The monoisotopic (exact) mass is 401 g/mol. The number of sulfonamides is 1. The molecule has 0 aliphatic carbocycles. The fraction of sp³-hybridized carbons (Fsp3) is 0.706. The van der Waals surface area contributed by atoms with Gasteiger partial charge in [0.1, 0.15) is 4.21 Å². The van der Waals surface area contributed by atoms with E-state index >= 15 is 0 Å². The molecule has 2 heterocycles. The highest BCUT2D eigenvalue weighted by Crippen LogP contribution is 2.16. The zero-order valence-corrected chi connectivity index (χ0v) is 17.3. The van der Waals surface area contributed by atoms with Gasteiger partial charge < -0.3 is 15.5 Å². The zero-order valence-electron chi connectivity index (χ0n) is 15.7. The molecule has 148 valence electrons. The van der Waals surface area contributed by atoms with Crippen LogP contribution in [-0.4, -0.2) is 65.6 Å². The minimum absolute atomic E-state index is 0.312. The van der Waals surface area contributed by atoms with Crippen molar-refractivity contribution < 1.29 is 8.42 Å². The lowest BCUT2D eigenvalue weighted by Gasteiger charge is -2.30. The van der Waals surface area contributed by atoms with Crippen molar-refractivity contribution >= 4 is 27.3 Å². The van der Waals surface area contributed by atoms with Crippen LogP contribution >= 0.6 is 11.3 Å². The topological polar surface area (TPSA) is 85.8 Å². The van der Waals surface area contributed by atoms with Crippen LogP contribution in [0, 0.1) is 5.92 Å². The molecule has 0 bridgehead atoms. The van der Waals surface area contributed by atoms with E-state index in [0.29, 0.717) is 23.3 Å². The van der Waals surface area contributed by atoms with Crippen molar-refractivity contribution in [2.24, 2.45) is 10.9 Å². The Labute approximate surface area is 161 Å². The average Bonchev–Trinajstić information content (AvgIpc) is 3.17. The van der Waals surface area contributed by atoms with Gasteiger partial charge in [0.25, 0.3) is 0 Å². The summed E-state index contributed by atoms with van der Waals surface area (Å²) >= 11 is 1.21. The van der Waals surface area contributed by atoms with Gasteiger partial charge in [-0.15, -0.1) is 11.3 Å². The fourth-order valence-electron chi connectivity index (χ4n) is 2.87. The summed E-state index contributed by atoms with van der Waals surface area (Å²) in [4.78, 5) is 6.70. The smallest absolute Gasteiger partial charge is 0.250 e. The molecule has 1 aromatic heterocycles. The van der Waals surface area contributed by atoms with E-state index < -0.39 is 10.0 Å². The maximum Gasteiger partial charge on any atom is 0.250 e. The fourth-order valence-corrected chi connectivity index (χ4v) is 4.94. The molecule has 0 radical (unpaired) electrons. The Bertz CT molecular complexity index is 638. The third-order valence-corrected chi connectivity index (χ3v) is 7.37. The average molecular weight is 402 g/mol. The summed E-state index contributed by atoms with van der Waals surface area (Å²) in [6.07, 6.45) is 3.68. The number of nitrogens with one attached hydrogen (secondary N) is 3. The maximum absolute atomic E-state index is 12.0. The predicted octanol–water partition coefficient (Wildman–Crippen LogP) is 1.31. The molecule has 0 unspecified atom stereocenters. The molecule has 0 atom stereocenters. The summed E-state index contributed by atoms with van der Waals surface area (Å²) in [7, 11) is -1.68. The molecular weight excluding hydrogens is 370 g/mol. The van der Waals surface area contributed by atoms with E-state index in [0.717, 1.165) is 25.4 Å². The standard InChI is InChI=1S/C17H31N5O2S2/c1-15-6-12-22(13-7-15)11-4-8-19-17(18-2)20-9-10-21-26(23,24)16-5-3-14-25-16/h3,5,14-15,21H,4,6-13H2,1-2H3,(H2,18,19,20). The summed E-state index contributed by atoms with van der Waals surface area (Å²) in [6, 6.07) is 3.33. The Balaban J connectivity index is 1.56. The molecule has 1 aromatic rings. The highest BCUT2D eigenvalue weighted by atomic mass is 32.2. The molecule has 9 heteroatoms. The first-order valence-electron chi connectivity index (χ1n) is 9.21. The van der Waals surface area contributed by atoms with Crippen LogP contribution in [0.3, 0.4) is 0 Å². The third-order valence-electron chi connectivity index (χ3n) is 4.51. The van der Waals surface area contributed by atoms with Crippen molar-refractivity contribution in [3.8, 4) is 0 Å².